The van der Waals surface area contributed by atoms with Gasteiger partial charge in [0.15, 0.2) is 0 Å². The number of methoxy groups -OCH3 is 1. The van der Waals surface area contributed by atoms with Crippen molar-refractivity contribution in [3.8, 4) is 0 Å². The summed E-state index contributed by atoms with van der Waals surface area (Å²) >= 11 is 11.9. The van der Waals surface area contributed by atoms with Crippen molar-refractivity contribution in [2.45, 2.75) is 31.6 Å². The lowest BCUT2D eigenvalue weighted by Crippen LogP contribution is -2.20. The Kier molecular flexibility index (Phi) is 5.06. The summed E-state index contributed by atoms with van der Waals surface area (Å²) in [5.74, 6) is -0.641. The summed E-state index contributed by atoms with van der Waals surface area (Å²) in [5.41, 5.74) is 0.742. The smallest absolute Gasteiger partial charge is 0.313 e. The van der Waals surface area contributed by atoms with Crippen LogP contribution in [0, 0.1) is 5.92 Å². The lowest BCUT2D eigenvalue weighted by molar-refractivity contribution is -0.143. The second kappa shape index (κ2) is 6.59. The Morgan fingerprint density at radius 3 is 2.70 bits per heavy atom. The zero-order valence-electron chi connectivity index (χ0n) is 11.2. The molecular formula is C15H16Cl2O3. The molecule has 1 aromatic carbocycles. The maximum absolute atomic E-state index is 12.0. The first kappa shape index (κ1) is 15.3. The fraction of sp³-hybridized carbons (Fsp3) is 0.467. The molecule has 20 heavy (non-hydrogen) atoms. The van der Waals surface area contributed by atoms with E-state index in [0.717, 1.165) is 18.4 Å². The van der Waals surface area contributed by atoms with E-state index in [4.69, 9.17) is 27.9 Å². The number of rotatable bonds is 4. The molecule has 108 valence electrons. The van der Waals surface area contributed by atoms with Gasteiger partial charge in [-0.1, -0.05) is 29.3 Å². The zero-order chi connectivity index (χ0) is 14.7. The van der Waals surface area contributed by atoms with Gasteiger partial charge in [-0.25, -0.2) is 0 Å². The summed E-state index contributed by atoms with van der Waals surface area (Å²) in [4.78, 5) is 23.8. The number of ketones is 1. The molecule has 1 aromatic rings. The fourth-order valence-corrected chi connectivity index (χ4v) is 2.97. The number of ether oxygens (including phenoxy) is 1. The third-order valence-corrected chi connectivity index (χ3v) is 4.52. The van der Waals surface area contributed by atoms with Crippen molar-refractivity contribution in [1.29, 1.82) is 0 Å². The van der Waals surface area contributed by atoms with E-state index in [-0.39, 0.29) is 17.7 Å². The van der Waals surface area contributed by atoms with Gasteiger partial charge in [0, 0.05) is 12.3 Å². The Labute approximate surface area is 128 Å². The van der Waals surface area contributed by atoms with Crippen molar-refractivity contribution >= 4 is 35.0 Å². The van der Waals surface area contributed by atoms with Crippen LogP contribution < -0.4 is 0 Å². The van der Waals surface area contributed by atoms with Crippen molar-refractivity contribution in [2.75, 3.05) is 7.11 Å². The van der Waals surface area contributed by atoms with Crippen molar-refractivity contribution < 1.29 is 14.3 Å². The van der Waals surface area contributed by atoms with Gasteiger partial charge >= 0.3 is 5.97 Å². The molecule has 0 amide bonds. The summed E-state index contributed by atoms with van der Waals surface area (Å²) in [5, 5.41) is 0.840. The average molecular weight is 315 g/mol. The number of hydrogen-bond acceptors (Lipinski definition) is 3. The van der Waals surface area contributed by atoms with Crippen LogP contribution in [0.3, 0.4) is 0 Å². The number of halogens is 2. The molecule has 0 aliphatic heterocycles. The van der Waals surface area contributed by atoms with E-state index >= 15 is 0 Å². The number of hydrogen-bond donors (Lipinski definition) is 0. The van der Waals surface area contributed by atoms with E-state index in [1.165, 1.54) is 7.11 Å². The van der Waals surface area contributed by atoms with Crippen molar-refractivity contribution in [1.82, 2.24) is 0 Å². The Morgan fingerprint density at radius 1 is 1.40 bits per heavy atom. The molecule has 1 fully saturated rings. The maximum Gasteiger partial charge on any atom is 0.313 e. The molecule has 0 N–H and O–H groups in total. The van der Waals surface area contributed by atoms with Crippen LogP contribution in [0.4, 0.5) is 0 Å². The minimum absolute atomic E-state index is 0.0615. The summed E-state index contributed by atoms with van der Waals surface area (Å²) < 4.78 is 4.86. The zero-order valence-corrected chi connectivity index (χ0v) is 12.7. The van der Waals surface area contributed by atoms with Gasteiger partial charge in [-0.2, -0.15) is 0 Å². The molecule has 3 nitrogen and oxygen atoms in total. The van der Waals surface area contributed by atoms with Crippen molar-refractivity contribution in [3.63, 3.8) is 0 Å². The maximum atomic E-state index is 12.0. The Bertz CT molecular complexity index is 528. The normalized spacial score (nSPS) is 19.9. The first-order valence-electron chi connectivity index (χ1n) is 6.58. The van der Waals surface area contributed by atoms with E-state index in [1.807, 2.05) is 0 Å². The first-order valence-corrected chi connectivity index (χ1v) is 7.34. The molecule has 1 aliphatic carbocycles. The molecule has 0 radical (unpaired) electrons. The Hall–Kier alpha value is -1.06. The van der Waals surface area contributed by atoms with Crippen LogP contribution in [0.5, 0.6) is 0 Å². The van der Waals surface area contributed by atoms with Crippen LogP contribution in [-0.4, -0.2) is 18.9 Å². The highest BCUT2D eigenvalue weighted by Gasteiger charge is 2.32. The Morgan fingerprint density at radius 2 is 2.15 bits per heavy atom. The van der Waals surface area contributed by atoms with E-state index in [1.54, 1.807) is 18.2 Å². The van der Waals surface area contributed by atoms with Crippen LogP contribution in [0.15, 0.2) is 18.2 Å². The quantitative estimate of drug-likeness (QED) is 0.789. The number of carbonyl (C=O) groups excluding carboxylic acids is 2. The summed E-state index contributed by atoms with van der Waals surface area (Å²) in [6.07, 6.45) is 2.83. The molecule has 5 heteroatoms. The number of esters is 1. The monoisotopic (exact) mass is 314 g/mol. The molecule has 0 bridgehead atoms. The van der Waals surface area contributed by atoms with Gasteiger partial charge in [0.25, 0.3) is 0 Å². The summed E-state index contributed by atoms with van der Waals surface area (Å²) in [6, 6.07) is 5.09. The van der Waals surface area contributed by atoms with Crippen LogP contribution in [0.1, 0.15) is 37.2 Å². The highest BCUT2D eigenvalue weighted by Crippen LogP contribution is 2.34. The summed E-state index contributed by atoms with van der Waals surface area (Å²) in [6.45, 7) is 0. The predicted octanol–water partition coefficient (Wildman–Crippen LogP) is 4.01. The second-order valence-corrected chi connectivity index (χ2v) is 5.85. The van der Waals surface area contributed by atoms with Crippen molar-refractivity contribution in [2.24, 2.45) is 5.92 Å². The summed E-state index contributed by atoms with van der Waals surface area (Å²) in [7, 11) is 1.35. The van der Waals surface area contributed by atoms with Crippen LogP contribution in [0.2, 0.25) is 10.0 Å². The van der Waals surface area contributed by atoms with Gasteiger partial charge in [-0.15, -0.1) is 0 Å². The predicted molar refractivity (Wildman–Crippen MR) is 78.2 cm³/mol. The third-order valence-electron chi connectivity index (χ3n) is 3.78. The van der Waals surface area contributed by atoms with E-state index in [2.05, 4.69) is 0 Å². The minimum atomic E-state index is -0.471. The Balaban J connectivity index is 2.24. The van der Waals surface area contributed by atoms with E-state index in [0.29, 0.717) is 22.9 Å². The van der Waals surface area contributed by atoms with Crippen molar-refractivity contribution in [3.05, 3.63) is 33.8 Å². The van der Waals surface area contributed by atoms with Gasteiger partial charge in [0.1, 0.15) is 5.78 Å². The van der Waals surface area contributed by atoms with E-state index in [9.17, 15) is 9.59 Å². The molecule has 0 heterocycles. The highest BCUT2D eigenvalue weighted by atomic mass is 35.5. The molecule has 0 saturated heterocycles. The van der Waals surface area contributed by atoms with Crippen LogP contribution in [-0.2, 0) is 14.3 Å². The first-order chi connectivity index (χ1) is 9.52. The lowest BCUT2D eigenvalue weighted by atomic mass is 9.87. The number of Topliss-reactive ketones (excluding diaryl/α,β-unsaturated/α-hetero) is 1. The largest absolute Gasteiger partial charge is 0.469 e. The standard InChI is InChI=1S/C15H16Cl2O3/c1-20-15(19)11(7-10-3-2-4-14(10)18)9-5-6-12(16)13(17)8-9/h5-6,8,10-11H,2-4,7H2,1H3. The average Bonchev–Trinajstić information content (AvgIpc) is 2.84. The van der Waals surface area contributed by atoms with Gasteiger partial charge in [0.2, 0.25) is 0 Å². The van der Waals surface area contributed by atoms with Gasteiger partial charge < -0.3 is 4.74 Å². The van der Waals surface area contributed by atoms with Gasteiger partial charge in [-0.05, 0) is 37.0 Å². The van der Waals surface area contributed by atoms with Crippen LogP contribution in [0.25, 0.3) is 0 Å². The van der Waals surface area contributed by atoms with Crippen LogP contribution >= 0.6 is 23.2 Å². The molecular weight excluding hydrogens is 299 g/mol. The van der Waals surface area contributed by atoms with E-state index < -0.39 is 5.92 Å². The molecule has 2 unspecified atom stereocenters. The molecule has 2 atom stereocenters. The fourth-order valence-electron chi connectivity index (χ4n) is 2.66. The highest BCUT2D eigenvalue weighted by molar-refractivity contribution is 6.42. The second-order valence-electron chi connectivity index (χ2n) is 5.04. The molecule has 1 saturated carbocycles. The molecule has 2 rings (SSSR count). The molecule has 0 spiro atoms. The number of carbonyl (C=O) groups is 2. The van der Waals surface area contributed by atoms with Gasteiger partial charge in [0.05, 0.1) is 23.1 Å². The lowest BCUT2D eigenvalue weighted by Gasteiger charge is -2.18. The minimum Gasteiger partial charge on any atom is -0.469 e. The molecule has 1 aliphatic rings. The topological polar surface area (TPSA) is 43.4 Å². The SMILES string of the molecule is COC(=O)C(CC1CCCC1=O)c1ccc(Cl)c(Cl)c1. The molecule has 0 aromatic heterocycles. The van der Waals surface area contributed by atoms with Gasteiger partial charge in [-0.3, -0.25) is 9.59 Å². The number of benzene rings is 1. The third kappa shape index (κ3) is 3.33.